The van der Waals surface area contributed by atoms with Gasteiger partial charge in [0.15, 0.2) is 0 Å². The van der Waals surface area contributed by atoms with E-state index < -0.39 is 10.0 Å². The lowest BCUT2D eigenvalue weighted by atomic mass is 10.4. The first-order valence-electron chi connectivity index (χ1n) is 7.45. The van der Waals surface area contributed by atoms with Crippen LogP contribution < -0.4 is 5.32 Å². The van der Waals surface area contributed by atoms with Crippen molar-refractivity contribution in [1.82, 2.24) is 19.4 Å². The Morgan fingerprint density at radius 3 is 2.81 bits per heavy atom. The average molecular weight is 332 g/mol. The van der Waals surface area contributed by atoms with Gasteiger partial charge in [-0.25, -0.2) is 8.42 Å². The molecule has 0 aromatic carbocycles. The van der Waals surface area contributed by atoms with Crippen LogP contribution >= 0.6 is 11.8 Å². The molecule has 0 saturated carbocycles. The average Bonchev–Trinajstić information content (AvgIpc) is 2.98. The van der Waals surface area contributed by atoms with Crippen LogP contribution in [0.15, 0.2) is 17.3 Å². The lowest BCUT2D eigenvalue weighted by molar-refractivity contribution is 0.443. The van der Waals surface area contributed by atoms with E-state index in [4.69, 9.17) is 0 Å². The molecule has 0 radical (unpaired) electrons. The number of nitrogens with zero attached hydrogens (tertiary/aromatic N) is 3. The van der Waals surface area contributed by atoms with Crippen molar-refractivity contribution in [1.29, 1.82) is 0 Å². The van der Waals surface area contributed by atoms with Crippen LogP contribution in [-0.4, -0.2) is 60.2 Å². The monoisotopic (exact) mass is 332 g/mol. The minimum atomic E-state index is -3.36. The second kappa shape index (κ2) is 8.17. The zero-order chi connectivity index (χ0) is 15.1. The molecule has 21 heavy (non-hydrogen) atoms. The minimum absolute atomic E-state index is 0.316. The van der Waals surface area contributed by atoms with Crippen LogP contribution in [0.3, 0.4) is 0 Å². The topological polar surface area (TPSA) is 67.2 Å². The van der Waals surface area contributed by atoms with Crippen molar-refractivity contribution in [3.05, 3.63) is 12.4 Å². The van der Waals surface area contributed by atoms with Crippen LogP contribution in [0.5, 0.6) is 0 Å². The highest BCUT2D eigenvalue weighted by atomic mass is 32.2. The van der Waals surface area contributed by atoms with E-state index in [9.17, 15) is 8.42 Å². The van der Waals surface area contributed by atoms with Gasteiger partial charge in [-0.15, -0.1) is 0 Å². The van der Waals surface area contributed by atoms with Gasteiger partial charge < -0.3 is 5.32 Å². The summed E-state index contributed by atoms with van der Waals surface area (Å²) in [5.41, 5.74) is 0. The van der Waals surface area contributed by atoms with Crippen LogP contribution in [0.2, 0.25) is 0 Å². The molecule has 1 aliphatic heterocycles. The van der Waals surface area contributed by atoms with E-state index in [1.165, 1.54) is 6.20 Å². The zero-order valence-electron chi connectivity index (χ0n) is 12.5. The van der Waals surface area contributed by atoms with Crippen LogP contribution in [0.4, 0.5) is 0 Å². The van der Waals surface area contributed by atoms with Crippen molar-refractivity contribution in [2.75, 3.05) is 37.7 Å². The molecular weight excluding hydrogens is 308 g/mol. The Balaban J connectivity index is 1.89. The van der Waals surface area contributed by atoms with Gasteiger partial charge in [-0.05, 0) is 25.9 Å². The van der Waals surface area contributed by atoms with Gasteiger partial charge in [0.05, 0.1) is 6.20 Å². The smallest absolute Gasteiger partial charge is 0.246 e. The van der Waals surface area contributed by atoms with Crippen LogP contribution in [0.1, 0.15) is 19.8 Å². The third kappa shape index (κ3) is 4.70. The molecule has 0 atom stereocenters. The molecule has 6 nitrogen and oxygen atoms in total. The fraction of sp³-hybridized carbons (Fsp3) is 0.769. The Bertz CT molecular complexity index is 524. The normalized spacial score (nSPS) is 17.2. The lowest BCUT2D eigenvalue weighted by Crippen LogP contribution is -2.37. The van der Waals surface area contributed by atoms with E-state index in [0.717, 1.165) is 44.0 Å². The van der Waals surface area contributed by atoms with Crippen LogP contribution in [0, 0.1) is 0 Å². The molecule has 0 aliphatic carbocycles. The van der Waals surface area contributed by atoms with Crippen molar-refractivity contribution in [2.24, 2.45) is 0 Å². The molecule has 1 N–H and O–H groups in total. The minimum Gasteiger partial charge on any atom is -0.317 e. The Kier molecular flexibility index (Phi) is 6.53. The molecule has 1 aliphatic rings. The SMILES string of the molecule is CCCNCCCn1cc(S(=O)(=O)N2CCSCC2)cn1. The number of hydrogen-bond donors (Lipinski definition) is 1. The summed E-state index contributed by atoms with van der Waals surface area (Å²) < 4.78 is 28.2. The van der Waals surface area contributed by atoms with Gasteiger partial charge >= 0.3 is 0 Å². The highest BCUT2D eigenvalue weighted by molar-refractivity contribution is 7.99. The lowest BCUT2D eigenvalue weighted by Gasteiger charge is -2.24. The maximum Gasteiger partial charge on any atom is 0.246 e. The van der Waals surface area contributed by atoms with E-state index >= 15 is 0 Å². The number of hydrogen-bond acceptors (Lipinski definition) is 5. The molecule has 2 rings (SSSR count). The van der Waals surface area contributed by atoms with Crippen molar-refractivity contribution >= 4 is 21.8 Å². The molecule has 0 unspecified atom stereocenters. The van der Waals surface area contributed by atoms with Gasteiger partial charge in [0, 0.05) is 37.3 Å². The Hall–Kier alpha value is -0.570. The standard InChI is InChI=1S/C13H24N4O2S2/c1-2-4-14-5-3-6-16-12-13(11-15-16)21(18,19)17-7-9-20-10-8-17/h11-12,14H,2-10H2,1H3. The first-order valence-corrected chi connectivity index (χ1v) is 10.0. The zero-order valence-corrected chi connectivity index (χ0v) is 14.1. The summed E-state index contributed by atoms with van der Waals surface area (Å²) in [6.45, 7) is 6.02. The van der Waals surface area contributed by atoms with Crippen molar-refractivity contribution < 1.29 is 8.42 Å². The predicted molar refractivity (Wildman–Crippen MR) is 86.1 cm³/mol. The van der Waals surface area contributed by atoms with E-state index in [1.54, 1.807) is 26.9 Å². The molecule has 0 spiro atoms. The molecular formula is C13H24N4O2S2. The fourth-order valence-electron chi connectivity index (χ4n) is 2.20. The molecule has 1 aromatic heterocycles. The number of rotatable bonds is 8. The Morgan fingerprint density at radius 2 is 2.10 bits per heavy atom. The summed E-state index contributed by atoms with van der Waals surface area (Å²) in [5.74, 6) is 1.74. The summed E-state index contributed by atoms with van der Waals surface area (Å²) in [4.78, 5) is 0.316. The van der Waals surface area contributed by atoms with Crippen molar-refractivity contribution in [3.8, 4) is 0 Å². The first kappa shape index (κ1) is 16.8. The number of nitrogens with one attached hydrogen (secondary N) is 1. The quantitative estimate of drug-likeness (QED) is 0.720. The molecule has 0 bridgehead atoms. The molecule has 2 heterocycles. The predicted octanol–water partition coefficient (Wildman–Crippen LogP) is 1.01. The molecule has 120 valence electrons. The highest BCUT2D eigenvalue weighted by Crippen LogP contribution is 2.19. The third-order valence-corrected chi connectivity index (χ3v) is 6.18. The van der Waals surface area contributed by atoms with Crippen molar-refractivity contribution in [2.45, 2.75) is 31.2 Å². The number of aromatic nitrogens is 2. The van der Waals surface area contributed by atoms with E-state index in [1.807, 2.05) is 0 Å². The van der Waals surface area contributed by atoms with E-state index in [-0.39, 0.29) is 0 Å². The van der Waals surface area contributed by atoms with Gasteiger partial charge in [0.2, 0.25) is 10.0 Å². The summed E-state index contributed by atoms with van der Waals surface area (Å²) in [5, 5.41) is 7.50. The summed E-state index contributed by atoms with van der Waals surface area (Å²) >= 11 is 1.80. The fourth-order valence-corrected chi connectivity index (χ4v) is 4.73. The number of aryl methyl sites for hydroxylation is 1. The van der Waals surface area contributed by atoms with Crippen LogP contribution in [0.25, 0.3) is 0 Å². The second-order valence-corrected chi connectivity index (χ2v) is 8.22. The summed E-state index contributed by atoms with van der Waals surface area (Å²) in [6.07, 6.45) is 5.19. The summed E-state index contributed by atoms with van der Waals surface area (Å²) in [7, 11) is -3.36. The summed E-state index contributed by atoms with van der Waals surface area (Å²) in [6, 6.07) is 0. The van der Waals surface area contributed by atoms with E-state index in [2.05, 4.69) is 17.3 Å². The highest BCUT2D eigenvalue weighted by Gasteiger charge is 2.27. The molecule has 8 heteroatoms. The van der Waals surface area contributed by atoms with Gasteiger partial charge in [0.1, 0.15) is 4.90 Å². The second-order valence-electron chi connectivity index (χ2n) is 5.06. The van der Waals surface area contributed by atoms with Crippen LogP contribution in [-0.2, 0) is 16.6 Å². The Labute approximate surface area is 131 Å². The molecule has 0 amide bonds. The van der Waals surface area contributed by atoms with Gasteiger partial charge in [-0.2, -0.15) is 21.2 Å². The first-order chi connectivity index (χ1) is 10.1. The van der Waals surface area contributed by atoms with Gasteiger partial charge in [-0.1, -0.05) is 6.92 Å². The van der Waals surface area contributed by atoms with Gasteiger partial charge in [-0.3, -0.25) is 4.68 Å². The maximum atomic E-state index is 12.5. The number of sulfonamides is 1. The van der Waals surface area contributed by atoms with E-state index in [0.29, 0.717) is 18.0 Å². The molecule has 1 saturated heterocycles. The largest absolute Gasteiger partial charge is 0.317 e. The van der Waals surface area contributed by atoms with Crippen molar-refractivity contribution in [3.63, 3.8) is 0 Å². The molecule has 1 aromatic rings. The molecule has 1 fully saturated rings. The maximum absolute atomic E-state index is 12.5. The number of thioether (sulfide) groups is 1. The van der Waals surface area contributed by atoms with Gasteiger partial charge in [0.25, 0.3) is 0 Å². The third-order valence-electron chi connectivity index (χ3n) is 3.38. The Morgan fingerprint density at radius 1 is 1.33 bits per heavy atom.